The van der Waals surface area contributed by atoms with Gasteiger partial charge in [-0.3, -0.25) is 4.79 Å². The van der Waals surface area contributed by atoms with Gasteiger partial charge in [0.15, 0.2) is 5.82 Å². The third kappa shape index (κ3) is 10.5. The van der Waals surface area contributed by atoms with E-state index in [1.807, 2.05) is 59.0 Å². The summed E-state index contributed by atoms with van der Waals surface area (Å²) in [6.45, 7) is 16.1. The van der Waals surface area contributed by atoms with Crippen molar-refractivity contribution in [2.24, 2.45) is 16.7 Å². The van der Waals surface area contributed by atoms with Gasteiger partial charge in [-0.15, -0.1) is 5.10 Å². The minimum absolute atomic E-state index is 0.0219. The van der Waals surface area contributed by atoms with Crippen molar-refractivity contribution in [2.75, 3.05) is 37.0 Å². The predicted octanol–water partition coefficient (Wildman–Crippen LogP) is 5.83. The van der Waals surface area contributed by atoms with Gasteiger partial charge in [-0.05, 0) is 107 Å². The summed E-state index contributed by atoms with van der Waals surface area (Å²) >= 11 is 0. The van der Waals surface area contributed by atoms with Crippen LogP contribution in [0.15, 0.2) is 30.5 Å². The lowest BCUT2D eigenvalue weighted by molar-refractivity contribution is -0.168. The highest BCUT2D eigenvalue weighted by molar-refractivity contribution is 5.75. The smallest absolute Gasteiger partial charge is 0.313 e. The van der Waals surface area contributed by atoms with Gasteiger partial charge >= 0.3 is 5.97 Å². The molecule has 2 atom stereocenters. The van der Waals surface area contributed by atoms with Gasteiger partial charge in [-0.1, -0.05) is 19.9 Å². The van der Waals surface area contributed by atoms with Crippen molar-refractivity contribution in [3.8, 4) is 17.3 Å². The average molecular weight is 717 g/mol. The number of esters is 1. The van der Waals surface area contributed by atoms with Crippen LogP contribution in [-0.4, -0.2) is 80.6 Å². The molecule has 0 spiro atoms. The highest BCUT2D eigenvalue weighted by atomic mass is 16.6. The van der Waals surface area contributed by atoms with Crippen molar-refractivity contribution in [3.05, 3.63) is 41.9 Å². The molecule has 2 aliphatic rings. The number of nitrogens with one attached hydrogen (secondary N) is 3. The summed E-state index contributed by atoms with van der Waals surface area (Å²) in [4.78, 5) is 22.2. The zero-order chi connectivity index (χ0) is 37.3. The molecule has 3 aromatic heterocycles. The molecule has 0 unspecified atom stereocenters. The molecule has 4 heterocycles. The third-order valence-electron chi connectivity index (χ3n) is 9.83. The van der Waals surface area contributed by atoms with Gasteiger partial charge in [0.05, 0.1) is 29.2 Å². The molecule has 1 saturated carbocycles. The second kappa shape index (κ2) is 17.6. The molecule has 0 aromatic carbocycles. The highest BCUT2D eigenvalue weighted by Crippen LogP contribution is 2.31. The Morgan fingerprint density at radius 1 is 1.12 bits per heavy atom. The number of nitrogens with zero attached hydrogens (tertiary/aromatic N) is 7. The number of aromatic nitrogens is 6. The molecule has 0 amide bonds. The van der Waals surface area contributed by atoms with E-state index >= 15 is 0 Å². The van der Waals surface area contributed by atoms with Gasteiger partial charge in [0.1, 0.15) is 18.2 Å². The van der Waals surface area contributed by atoms with Crippen LogP contribution in [0.1, 0.15) is 97.7 Å². The summed E-state index contributed by atoms with van der Waals surface area (Å²) in [6.07, 6.45) is 6.88. The number of hydrogen-bond acceptors (Lipinski definition) is 13. The second-order valence-electron chi connectivity index (χ2n) is 15.8. The standard InChI is InChI=1S/C38H56N10O4/c1-25(2)35(52-36(49)37(5,6)7)48-34(45-46-47-48)22-51-21-27(4)42-28-11-13-29(14-12-28)43-33-19-30(26(3)20-40-33)31-9-8-10-32(44-31)41-24-38(23-39)15-17-50-18-16-38/h8-10,19-20,25,27-29,35,42H,11-18,21-22,24H2,1-7H3,(H,40,43)(H,41,44)/t27-,28?,29?,35+/m0/s1. The van der Waals surface area contributed by atoms with E-state index in [1.165, 1.54) is 0 Å². The Morgan fingerprint density at radius 2 is 1.85 bits per heavy atom. The molecule has 282 valence electrons. The van der Waals surface area contributed by atoms with Crippen molar-refractivity contribution >= 4 is 17.6 Å². The lowest BCUT2D eigenvalue weighted by atomic mass is 9.82. The van der Waals surface area contributed by atoms with E-state index in [9.17, 15) is 10.1 Å². The van der Waals surface area contributed by atoms with Crippen molar-refractivity contribution < 1.29 is 19.0 Å². The summed E-state index contributed by atoms with van der Waals surface area (Å²) in [6, 6.07) is 11.4. The lowest BCUT2D eigenvalue weighted by Gasteiger charge is -2.32. The van der Waals surface area contributed by atoms with E-state index in [2.05, 4.69) is 57.5 Å². The number of nitriles is 1. The van der Waals surface area contributed by atoms with Crippen LogP contribution in [-0.2, 0) is 25.6 Å². The third-order valence-corrected chi connectivity index (χ3v) is 9.83. The number of pyridine rings is 2. The van der Waals surface area contributed by atoms with Crippen LogP contribution in [0.2, 0.25) is 0 Å². The van der Waals surface area contributed by atoms with Crippen LogP contribution >= 0.6 is 0 Å². The van der Waals surface area contributed by atoms with Gasteiger partial charge in [0.2, 0.25) is 6.23 Å². The Morgan fingerprint density at radius 3 is 2.54 bits per heavy atom. The fourth-order valence-electron chi connectivity index (χ4n) is 6.56. The largest absolute Gasteiger partial charge is 0.439 e. The number of tetrazole rings is 1. The summed E-state index contributed by atoms with van der Waals surface area (Å²) in [5.41, 5.74) is 1.90. The first-order chi connectivity index (χ1) is 24.9. The maximum absolute atomic E-state index is 12.6. The molecule has 0 radical (unpaired) electrons. The highest BCUT2D eigenvalue weighted by Gasteiger charge is 2.33. The van der Waals surface area contributed by atoms with E-state index in [0.29, 0.717) is 44.3 Å². The van der Waals surface area contributed by atoms with E-state index in [0.717, 1.165) is 67.0 Å². The molecule has 1 aliphatic carbocycles. The second-order valence-corrected chi connectivity index (χ2v) is 15.8. The fraction of sp³-hybridized carbons (Fsp3) is 0.658. The maximum atomic E-state index is 12.6. The Kier molecular flexibility index (Phi) is 13.2. The minimum atomic E-state index is -0.631. The summed E-state index contributed by atoms with van der Waals surface area (Å²) < 4.78 is 18.8. The predicted molar refractivity (Wildman–Crippen MR) is 198 cm³/mol. The van der Waals surface area contributed by atoms with E-state index < -0.39 is 17.1 Å². The van der Waals surface area contributed by atoms with Crippen molar-refractivity contribution in [3.63, 3.8) is 0 Å². The van der Waals surface area contributed by atoms with Gasteiger partial charge in [0.25, 0.3) is 0 Å². The number of ether oxygens (including phenoxy) is 3. The van der Waals surface area contributed by atoms with Crippen molar-refractivity contribution in [1.82, 2.24) is 35.5 Å². The van der Waals surface area contributed by atoms with Crippen LogP contribution in [0.3, 0.4) is 0 Å². The molecular weight excluding hydrogens is 660 g/mol. The molecule has 0 bridgehead atoms. The molecule has 14 nitrogen and oxygen atoms in total. The molecule has 14 heteroatoms. The normalized spacial score (nSPS) is 20.1. The summed E-state index contributed by atoms with van der Waals surface area (Å²) in [7, 11) is 0. The average Bonchev–Trinajstić information content (AvgIpc) is 3.59. The SMILES string of the molecule is Cc1cnc(NC2CCC(N[C@@H](C)COCc3nnnn3[C@H](OC(=O)C(C)(C)C)C(C)C)CC2)cc1-c1cccc(NCC2(C#N)CCOCC2)n1. The number of anilines is 2. The van der Waals surface area contributed by atoms with Crippen molar-refractivity contribution in [1.29, 1.82) is 5.26 Å². The van der Waals surface area contributed by atoms with E-state index in [-0.39, 0.29) is 24.5 Å². The van der Waals surface area contributed by atoms with Crippen LogP contribution < -0.4 is 16.0 Å². The maximum Gasteiger partial charge on any atom is 0.313 e. The molecule has 5 rings (SSSR count). The zero-order valence-electron chi connectivity index (χ0n) is 31.8. The number of hydrogen-bond donors (Lipinski definition) is 3. The molecule has 3 aromatic rings. The Balaban J connectivity index is 1.07. The summed E-state index contributed by atoms with van der Waals surface area (Å²) in [5.74, 6) is 1.80. The van der Waals surface area contributed by atoms with Crippen LogP contribution in [0.25, 0.3) is 11.3 Å². The summed E-state index contributed by atoms with van der Waals surface area (Å²) in [5, 5.41) is 32.7. The first kappa shape index (κ1) is 39.0. The minimum Gasteiger partial charge on any atom is -0.439 e. The number of carbonyl (C=O) groups excluding carboxylic acids is 1. The zero-order valence-corrected chi connectivity index (χ0v) is 31.8. The van der Waals surface area contributed by atoms with Gasteiger partial charge < -0.3 is 30.2 Å². The van der Waals surface area contributed by atoms with E-state index in [4.69, 9.17) is 24.2 Å². The monoisotopic (exact) mass is 716 g/mol. The fourth-order valence-corrected chi connectivity index (χ4v) is 6.56. The number of aryl methyl sites for hydroxylation is 1. The number of carbonyl (C=O) groups is 1. The Labute approximate surface area is 307 Å². The molecule has 52 heavy (non-hydrogen) atoms. The van der Waals surface area contributed by atoms with Crippen LogP contribution in [0.4, 0.5) is 11.6 Å². The van der Waals surface area contributed by atoms with E-state index in [1.54, 1.807) is 4.68 Å². The molecular formula is C38H56N10O4. The molecule has 1 saturated heterocycles. The van der Waals surface area contributed by atoms with Gasteiger partial charge in [0, 0.05) is 55.6 Å². The molecule has 1 aliphatic heterocycles. The first-order valence-corrected chi connectivity index (χ1v) is 18.6. The van der Waals surface area contributed by atoms with Gasteiger partial charge in [-0.2, -0.15) is 9.94 Å². The quantitative estimate of drug-likeness (QED) is 0.160. The van der Waals surface area contributed by atoms with Crippen LogP contribution in [0.5, 0.6) is 0 Å². The molecule has 3 N–H and O–H groups in total. The first-order valence-electron chi connectivity index (χ1n) is 18.6. The topological polar surface area (TPSA) is 174 Å². The number of rotatable bonds is 15. The van der Waals surface area contributed by atoms with Crippen molar-refractivity contribution in [2.45, 2.75) is 118 Å². The van der Waals surface area contributed by atoms with Crippen LogP contribution in [0, 0.1) is 35.0 Å². The Bertz CT molecular complexity index is 1650. The van der Waals surface area contributed by atoms with Gasteiger partial charge in [-0.25, -0.2) is 9.97 Å². The lowest BCUT2D eigenvalue weighted by Crippen LogP contribution is -2.43. The molecule has 2 fully saturated rings. The Hall–Kier alpha value is -4.19.